The molecule has 3 aromatic heterocycles. The first kappa shape index (κ1) is 26.2. The van der Waals surface area contributed by atoms with Crippen LogP contribution in [0.2, 0.25) is 5.02 Å². The molecule has 0 spiro atoms. The third kappa shape index (κ3) is 5.61. The number of hydrogen-bond acceptors (Lipinski definition) is 7. The lowest BCUT2D eigenvalue weighted by Gasteiger charge is -2.33. The maximum Gasteiger partial charge on any atom is 0.348 e. The fraction of sp³-hybridized carbons (Fsp3) is 0.400. The summed E-state index contributed by atoms with van der Waals surface area (Å²) >= 11 is 8.77. The summed E-state index contributed by atoms with van der Waals surface area (Å²) in [5.74, 6) is -0.865. The quantitative estimate of drug-likeness (QED) is 0.352. The first-order chi connectivity index (χ1) is 17.2. The summed E-state index contributed by atoms with van der Waals surface area (Å²) in [5, 5.41) is 14.4. The van der Waals surface area contributed by atoms with E-state index in [-0.39, 0.29) is 39.3 Å². The molecule has 2 amide bonds. The molecule has 36 heavy (non-hydrogen) atoms. The van der Waals surface area contributed by atoms with E-state index < -0.39 is 11.9 Å². The number of carboxylic acids is 1. The predicted molar refractivity (Wildman–Crippen MR) is 143 cm³/mol. The van der Waals surface area contributed by atoms with E-state index in [1.807, 2.05) is 13.8 Å². The van der Waals surface area contributed by atoms with E-state index in [0.717, 1.165) is 37.0 Å². The fourth-order valence-corrected chi connectivity index (χ4v) is 6.09. The van der Waals surface area contributed by atoms with Crippen molar-refractivity contribution in [3.05, 3.63) is 44.8 Å². The van der Waals surface area contributed by atoms with Crippen LogP contribution in [0.25, 0.3) is 10.4 Å². The molecule has 190 valence electrons. The molecule has 4 rings (SSSR count). The number of amides is 2. The molecule has 1 aliphatic carbocycles. The van der Waals surface area contributed by atoms with Gasteiger partial charge in [0, 0.05) is 34.0 Å². The van der Waals surface area contributed by atoms with Crippen LogP contribution in [-0.2, 0) is 4.79 Å². The molecule has 2 N–H and O–H groups in total. The summed E-state index contributed by atoms with van der Waals surface area (Å²) in [6, 6.07) is 3.14. The van der Waals surface area contributed by atoms with Crippen LogP contribution < -0.4 is 10.2 Å². The second kappa shape index (κ2) is 11.1. The summed E-state index contributed by atoms with van der Waals surface area (Å²) in [4.78, 5) is 48.6. The number of thiazole rings is 1. The summed E-state index contributed by atoms with van der Waals surface area (Å²) in [7, 11) is 0. The Morgan fingerprint density at radius 3 is 2.47 bits per heavy atom. The molecular formula is C25H27ClN4O4S2. The van der Waals surface area contributed by atoms with Crippen molar-refractivity contribution in [2.75, 3.05) is 10.2 Å². The highest BCUT2D eigenvalue weighted by Crippen LogP contribution is 2.40. The van der Waals surface area contributed by atoms with Crippen molar-refractivity contribution in [3.63, 3.8) is 0 Å². The number of anilines is 2. The van der Waals surface area contributed by atoms with Crippen molar-refractivity contribution in [3.8, 4) is 10.4 Å². The molecule has 0 atom stereocenters. The second-order valence-corrected chi connectivity index (χ2v) is 11.4. The Hall–Kier alpha value is -2.82. The van der Waals surface area contributed by atoms with E-state index in [0.29, 0.717) is 22.0 Å². The van der Waals surface area contributed by atoms with Gasteiger partial charge < -0.3 is 15.3 Å². The number of carboxylic acid groups (broad SMARTS) is 1. The van der Waals surface area contributed by atoms with Crippen molar-refractivity contribution < 1.29 is 19.5 Å². The van der Waals surface area contributed by atoms with Gasteiger partial charge in [0.15, 0.2) is 5.82 Å². The highest BCUT2D eigenvalue weighted by molar-refractivity contribution is 7.18. The maximum absolute atomic E-state index is 13.5. The Kier molecular flexibility index (Phi) is 8.07. The Morgan fingerprint density at radius 1 is 1.17 bits per heavy atom. The third-order valence-corrected chi connectivity index (χ3v) is 8.34. The van der Waals surface area contributed by atoms with Crippen molar-refractivity contribution in [2.45, 2.75) is 52.5 Å². The average Bonchev–Trinajstić information content (AvgIpc) is 3.51. The van der Waals surface area contributed by atoms with Gasteiger partial charge in [-0.05, 0) is 57.6 Å². The number of nitrogens with one attached hydrogen (secondary N) is 1. The van der Waals surface area contributed by atoms with Gasteiger partial charge in [0.05, 0.1) is 16.2 Å². The van der Waals surface area contributed by atoms with Gasteiger partial charge in [0.25, 0.3) is 5.91 Å². The minimum atomic E-state index is -1.09. The first-order valence-corrected chi connectivity index (χ1v) is 13.8. The van der Waals surface area contributed by atoms with E-state index >= 15 is 0 Å². The highest BCUT2D eigenvalue weighted by Gasteiger charge is 2.33. The van der Waals surface area contributed by atoms with Crippen LogP contribution in [0.5, 0.6) is 0 Å². The molecule has 0 aliphatic heterocycles. The molecule has 8 nitrogen and oxygen atoms in total. The molecule has 0 radical (unpaired) electrons. The summed E-state index contributed by atoms with van der Waals surface area (Å²) < 4.78 is 0. The van der Waals surface area contributed by atoms with Crippen molar-refractivity contribution in [1.29, 1.82) is 0 Å². The Bertz CT molecular complexity index is 1270. The lowest BCUT2D eigenvalue weighted by atomic mass is 9.82. The number of rotatable bonds is 7. The zero-order valence-corrected chi connectivity index (χ0v) is 22.5. The molecule has 1 saturated carbocycles. The zero-order valence-electron chi connectivity index (χ0n) is 20.2. The van der Waals surface area contributed by atoms with Crippen molar-refractivity contribution in [2.24, 2.45) is 11.8 Å². The Morgan fingerprint density at radius 2 is 1.89 bits per heavy atom. The highest BCUT2D eigenvalue weighted by atomic mass is 35.5. The van der Waals surface area contributed by atoms with Crippen LogP contribution in [0.4, 0.5) is 11.5 Å². The normalized spacial score (nSPS) is 17.7. The second-order valence-electron chi connectivity index (χ2n) is 9.27. The Labute approximate surface area is 222 Å². The molecule has 0 saturated heterocycles. The molecule has 11 heteroatoms. The Balaban J connectivity index is 1.63. The number of nitrogens with zero attached hydrogens (tertiary/aromatic N) is 3. The van der Waals surface area contributed by atoms with Gasteiger partial charge in [-0.1, -0.05) is 18.5 Å². The number of carbonyl (C=O) groups is 3. The maximum atomic E-state index is 13.5. The molecule has 1 fully saturated rings. The van der Waals surface area contributed by atoms with E-state index in [2.05, 4.69) is 22.2 Å². The third-order valence-electron chi connectivity index (χ3n) is 6.31. The lowest BCUT2D eigenvalue weighted by molar-refractivity contribution is -0.123. The number of thiophene rings is 1. The largest absolute Gasteiger partial charge is 0.477 e. The lowest BCUT2D eigenvalue weighted by Crippen LogP contribution is -2.42. The number of pyridine rings is 1. The molecule has 3 aromatic rings. The SMILES string of the molecule is CC(C)N(c1cc(-c2cnc(NC(=O)c3cscn3)c(Cl)c2)sc1C(=O)O)C(=O)[C@H]1CC[C@H](C)CC1. The fourth-order valence-electron chi connectivity index (χ4n) is 4.37. The van der Waals surface area contributed by atoms with Crippen molar-refractivity contribution in [1.82, 2.24) is 9.97 Å². The van der Waals surface area contributed by atoms with Crippen molar-refractivity contribution >= 4 is 63.6 Å². The van der Waals surface area contributed by atoms with Crippen LogP contribution in [-0.4, -0.2) is 38.9 Å². The van der Waals surface area contributed by atoms with E-state index in [4.69, 9.17) is 11.6 Å². The number of carbonyl (C=O) groups excluding carboxylic acids is 2. The number of aromatic carboxylic acids is 1. The van der Waals surface area contributed by atoms with E-state index in [1.54, 1.807) is 27.9 Å². The number of aromatic nitrogens is 2. The van der Waals surface area contributed by atoms with Gasteiger partial charge in [0.2, 0.25) is 5.91 Å². The van der Waals surface area contributed by atoms with Crippen LogP contribution >= 0.6 is 34.3 Å². The van der Waals surface area contributed by atoms with Gasteiger partial charge in [-0.15, -0.1) is 22.7 Å². The minimum absolute atomic E-state index is 0.0278. The zero-order chi connectivity index (χ0) is 26.0. The molecule has 0 unspecified atom stereocenters. The summed E-state index contributed by atoms with van der Waals surface area (Å²) in [6.45, 7) is 5.98. The number of halogens is 1. The van der Waals surface area contributed by atoms with Crippen LogP contribution in [0.3, 0.4) is 0 Å². The molecule has 0 aromatic carbocycles. The van der Waals surface area contributed by atoms with Gasteiger partial charge in [-0.25, -0.2) is 14.8 Å². The van der Waals surface area contributed by atoms with Gasteiger partial charge in [0.1, 0.15) is 10.6 Å². The average molecular weight is 547 g/mol. The molecular weight excluding hydrogens is 520 g/mol. The van der Waals surface area contributed by atoms with E-state index in [9.17, 15) is 19.5 Å². The summed E-state index contributed by atoms with van der Waals surface area (Å²) in [6.07, 6.45) is 5.15. The van der Waals surface area contributed by atoms with Gasteiger partial charge in [-0.2, -0.15) is 0 Å². The minimum Gasteiger partial charge on any atom is -0.477 e. The summed E-state index contributed by atoms with van der Waals surface area (Å²) in [5.41, 5.74) is 2.80. The first-order valence-electron chi connectivity index (χ1n) is 11.7. The smallest absolute Gasteiger partial charge is 0.348 e. The van der Waals surface area contributed by atoms with E-state index in [1.165, 1.54) is 17.5 Å². The topological polar surface area (TPSA) is 112 Å². The van der Waals surface area contributed by atoms with Crippen LogP contribution in [0.15, 0.2) is 29.2 Å². The van der Waals surface area contributed by atoms with Crippen LogP contribution in [0.1, 0.15) is 66.6 Å². The number of hydrogen-bond donors (Lipinski definition) is 2. The molecule has 0 bridgehead atoms. The van der Waals surface area contributed by atoms with Gasteiger partial charge >= 0.3 is 5.97 Å². The monoisotopic (exact) mass is 546 g/mol. The van der Waals surface area contributed by atoms with Crippen LogP contribution in [0, 0.1) is 11.8 Å². The predicted octanol–water partition coefficient (Wildman–Crippen LogP) is 6.44. The molecule has 3 heterocycles. The molecule has 1 aliphatic rings. The standard InChI is InChI=1S/C25H27ClN4O4S2/c1-13(2)30(24(32)15-6-4-14(3)5-7-15)19-9-20(36-21(19)25(33)34)16-8-17(26)22(27-10-16)29-23(31)18-11-35-12-28-18/h8-15H,4-7H2,1-3H3,(H,33,34)(H,27,29,31)/t14-,15-. The van der Waals surface area contributed by atoms with Gasteiger partial charge in [-0.3, -0.25) is 9.59 Å².